The van der Waals surface area contributed by atoms with Gasteiger partial charge in [-0.1, -0.05) is 44.2 Å². The number of methoxy groups -OCH3 is 1. The Balaban J connectivity index is 1.70. The van der Waals surface area contributed by atoms with Gasteiger partial charge in [0.15, 0.2) is 0 Å². The Morgan fingerprint density at radius 2 is 1.74 bits per heavy atom. The van der Waals surface area contributed by atoms with E-state index in [2.05, 4.69) is 33.1 Å². The van der Waals surface area contributed by atoms with Crippen molar-refractivity contribution in [2.75, 3.05) is 24.3 Å². The average molecular weight is 533 g/mol. The summed E-state index contributed by atoms with van der Waals surface area (Å²) in [6, 6.07) is 18.9. The first-order chi connectivity index (χ1) is 18.5. The van der Waals surface area contributed by atoms with E-state index in [9.17, 15) is 9.59 Å². The predicted octanol–water partition coefficient (Wildman–Crippen LogP) is 6.29. The molecule has 0 aliphatic heterocycles. The summed E-state index contributed by atoms with van der Waals surface area (Å²) >= 11 is 0. The monoisotopic (exact) mass is 532 g/mol. The molecule has 0 bridgehead atoms. The second-order valence-electron chi connectivity index (χ2n) is 10.8. The number of nitrogens with zero attached hydrogens (tertiary/aromatic N) is 1. The van der Waals surface area contributed by atoms with E-state index in [1.165, 1.54) is 5.56 Å². The van der Waals surface area contributed by atoms with Crippen LogP contribution in [0.5, 0.6) is 5.75 Å². The van der Waals surface area contributed by atoms with Crippen LogP contribution >= 0.6 is 0 Å². The van der Waals surface area contributed by atoms with Crippen molar-refractivity contribution in [3.05, 3.63) is 72.4 Å². The first-order valence-corrected chi connectivity index (χ1v) is 13.3. The molecule has 3 aromatic rings. The first-order valence-electron chi connectivity index (χ1n) is 13.3. The smallest absolute Gasteiger partial charge is 0.408 e. The van der Waals surface area contributed by atoms with Crippen LogP contribution in [0.3, 0.4) is 0 Å². The van der Waals surface area contributed by atoms with Gasteiger partial charge in [0.25, 0.3) is 0 Å². The Labute approximate surface area is 231 Å². The number of hydrogen-bond donors (Lipinski definition) is 3. The predicted molar refractivity (Wildman–Crippen MR) is 156 cm³/mol. The fourth-order valence-electron chi connectivity index (χ4n) is 4.06. The van der Waals surface area contributed by atoms with Gasteiger partial charge in [-0.25, -0.2) is 9.78 Å². The summed E-state index contributed by atoms with van der Waals surface area (Å²) in [5, 5.41) is 9.00. The maximum Gasteiger partial charge on any atom is 0.408 e. The lowest BCUT2D eigenvalue weighted by Crippen LogP contribution is -2.46. The van der Waals surface area contributed by atoms with Gasteiger partial charge in [-0.05, 0) is 74.9 Å². The van der Waals surface area contributed by atoms with Crippen molar-refractivity contribution < 1.29 is 19.1 Å². The summed E-state index contributed by atoms with van der Waals surface area (Å²) in [5.74, 6) is 1.25. The van der Waals surface area contributed by atoms with Crippen molar-refractivity contribution in [3.8, 4) is 16.9 Å². The van der Waals surface area contributed by atoms with E-state index < -0.39 is 17.7 Å². The second-order valence-corrected chi connectivity index (χ2v) is 10.8. The van der Waals surface area contributed by atoms with Gasteiger partial charge in [-0.2, -0.15) is 0 Å². The quantitative estimate of drug-likeness (QED) is 0.268. The zero-order valence-corrected chi connectivity index (χ0v) is 23.7. The highest BCUT2D eigenvalue weighted by molar-refractivity contribution is 5.97. The summed E-state index contributed by atoms with van der Waals surface area (Å²) in [7, 11) is 1.59. The summed E-state index contributed by atoms with van der Waals surface area (Å²) in [6.07, 6.45) is 2.50. The Kier molecular flexibility index (Phi) is 10.3. The zero-order chi connectivity index (χ0) is 28.4. The van der Waals surface area contributed by atoms with Gasteiger partial charge in [0, 0.05) is 30.1 Å². The Bertz CT molecular complexity index is 1240. The summed E-state index contributed by atoms with van der Waals surface area (Å²) in [4.78, 5) is 29.9. The van der Waals surface area contributed by atoms with Crippen molar-refractivity contribution in [2.24, 2.45) is 5.92 Å². The van der Waals surface area contributed by atoms with Crippen molar-refractivity contribution in [2.45, 2.75) is 59.1 Å². The number of benzene rings is 2. The van der Waals surface area contributed by atoms with Crippen molar-refractivity contribution in [1.29, 1.82) is 0 Å². The molecule has 0 fully saturated rings. The summed E-state index contributed by atoms with van der Waals surface area (Å²) in [6.45, 7) is 10.1. The Hall–Kier alpha value is -4.07. The molecule has 0 radical (unpaired) electrons. The molecule has 2 amide bonds. The van der Waals surface area contributed by atoms with Crippen LogP contribution in [0.4, 0.5) is 16.3 Å². The number of carbonyl (C=O) groups excluding carboxylic acids is 2. The van der Waals surface area contributed by atoms with Crippen molar-refractivity contribution in [1.82, 2.24) is 10.3 Å². The lowest BCUT2D eigenvalue weighted by molar-refractivity contribution is -0.118. The van der Waals surface area contributed by atoms with Gasteiger partial charge in [0.05, 0.1) is 7.11 Å². The van der Waals surface area contributed by atoms with E-state index in [1.54, 1.807) is 40.1 Å². The largest absolute Gasteiger partial charge is 0.496 e. The SMILES string of the molecule is COc1cc(NC(=O)[C@@H](CC(C)C)NC(=O)OC(C)(C)C)ccc1-c1ccnc(NCCc2ccccc2)c1. The minimum Gasteiger partial charge on any atom is -0.496 e. The van der Waals surface area contributed by atoms with Crippen molar-refractivity contribution >= 4 is 23.5 Å². The molecule has 1 heterocycles. The van der Waals surface area contributed by atoms with Gasteiger partial charge in [-0.3, -0.25) is 4.79 Å². The molecule has 0 spiro atoms. The number of anilines is 2. The molecule has 1 aromatic heterocycles. The molecule has 39 heavy (non-hydrogen) atoms. The maximum atomic E-state index is 13.1. The molecule has 0 saturated heterocycles. The molecule has 208 valence electrons. The highest BCUT2D eigenvalue weighted by Crippen LogP contribution is 2.33. The van der Waals surface area contributed by atoms with Crippen LogP contribution in [0, 0.1) is 5.92 Å². The van der Waals surface area contributed by atoms with Crippen LogP contribution in [0.2, 0.25) is 0 Å². The summed E-state index contributed by atoms with van der Waals surface area (Å²) in [5.41, 5.74) is 2.98. The standard InChI is InChI=1S/C31H40N4O4/c1-21(2)18-26(35-30(37)39-31(3,4)5)29(36)34-24-12-13-25(27(20-24)38-6)23-15-17-33-28(19-23)32-16-14-22-10-8-7-9-11-22/h7-13,15,17,19-21,26H,14,16,18H2,1-6H3,(H,32,33)(H,34,36)(H,35,37)/t26-/m1/s1. The molecule has 0 saturated carbocycles. The summed E-state index contributed by atoms with van der Waals surface area (Å²) < 4.78 is 11.0. The highest BCUT2D eigenvalue weighted by Gasteiger charge is 2.25. The molecular formula is C31H40N4O4. The minimum atomic E-state index is -0.741. The number of aromatic nitrogens is 1. The third kappa shape index (κ3) is 9.63. The molecule has 2 aromatic carbocycles. The number of ether oxygens (including phenoxy) is 2. The lowest BCUT2D eigenvalue weighted by atomic mass is 10.0. The zero-order valence-electron chi connectivity index (χ0n) is 23.7. The van der Waals surface area contributed by atoms with E-state index in [1.807, 2.05) is 56.3 Å². The van der Waals surface area contributed by atoms with Crippen LogP contribution in [-0.2, 0) is 16.0 Å². The van der Waals surface area contributed by atoms with Gasteiger partial charge in [0.2, 0.25) is 5.91 Å². The molecule has 8 heteroatoms. The highest BCUT2D eigenvalue weighted by atomic mass is 16.6. The number of hydrogen-bond acceptors (Lipinski definition) is 6. The van der Waals surface area contributed by atoms with Gasteiger partial charge in [-0.15, -0.1) is 0 Å². The van der Waals surface area contributed by atoms with Crippen LogP contribution in [0.25, 0.3) is 11.1 Å². The van der Waals surface area contributed by atoms with Gasteiger partial charge < -0.3 is 25.4 Å². The van der Waals surface area contributed by atoms with E-state index in [-0.39, 0.29) is 11.8 Å². The van der Waals surface area contributed by atoms with E-state index >= 15 is 0 Å². The van der Waals surface area contributed by atoms with Gasteiger partial charge >= 0.3 is 6.09 Å². The number of carbonyl (C=O) groups is 2. The van der Waals surface area contributed by atoms with Crippen LogP contribution in [0.15, 0.2) is 66.9 Å². The molecule has 8 nitrogen and oxygen atoms in total. The van der Waals surface area contributed by atoms with E-state index in [0.717, 1.165) is 29.9 Å². The van der Waals surface area contributed by atoms with Crippen LogP contribution in [0.1, 0.15) is 46.6 Å². The van der Waals surface area contributed by atoms with Crippen LogP contribution in [-0.4, -0.2) is 42.3 Å². The maximum absolute atomic E-state index is 13.1. The molecule has 0 aliphatic carbocycles. The molecule has 3 N–H and O–H groups in total. The van der Waals surface area contributed by atoms with Crippen LogP contribution < -0.4 is 20.7 Å². The first kappa shape index (κ1) is 29.5. The molecular weight excluding hydrogens is 492 g/mol. The Morgan fingerprint density at radius 3 is 2.41 bits per heavy atom. The second kappa shape index (κ2) is 13.6. The fraction of sp³-hybridized carbons (Fsp3) is 0.387. The molecule has 0 aliphatic rings. The third-order valence-corrected chi connectivity index (χ3v) is 5.82. The van der Waals surface area contributed by atoms with Crippen molar-refractivity contribution in [3.63, 3.8) is 0 Å². The number of rotatable bonds is 11. The minimum absolute atomic E-state index is 0.190. The third-order valence-electron chi connectivity index (χ3n) is 5.82. The topological polar surface area (TPSA) is 102 Å². The number of nitrogens with one attached hydrogen (secondary N) is 3. The van der Waals surface area contributed by atoms with E-state index in [0.29, 0.717) is 17.9 Å². The normalized spacial score (nSPS) is 12.0. The lowest BCUT2D eigenvalue weighted by Gasteiger charge is -2.24. The molecule has 1 atom stereocenters. The number of amides is 2. The fourth-order valence-corrected chi connectivity index (χ4v) is 4.06. The Morgan fingerprint density at radius 1 is 1.00 bits per heavy atom. The van der Waals surface area contributed by atoms with Gasteiger partial charge in [0.1, 0.15) is 23.2 Å². The average Bonchev–Trinajstić information content (AvgIpc) is 2.87. The molecule has 0 unspecified atom stereocenters. The number of pyridine rings is 1. The molecule has 3 rings (SSSR count). The van der Waals surface area contributed by atoms with E-state index in [4.69, 9.17) is 9.47 Å². The number of alkyl carbamates (subject to hydrolysis) is 1.